The highest BCUT2D eigenvalue weighted by Gasteiger charge is 2.30. The van der Waals surface area contributed by atoms with E-state index in [2.05, 4.69) is 20.1 Å². The third-order valence-corrected chi connectivity index (χ3v) is 8.07. The number of tetrazole rings is 1. The average Bonchev–Trinajstić information content (AvgIpc) is 3.36. The fraction of sp³-hybridized carbons (Fsp3) is 0.240. The number of benzene rings is 3. The summed E-state index contributed by atoms with van der Waals surface area (Å²) in [6, 6.07) is 19.7. The Morgan fingerprint density at radius 3 is 2.43 bits per heavy atom. The van der Waals surface area contributed by atoms with Crippen molar-refractivity contribution >= 4 is 19.9 Å². The smallest absolute Gasteiger partial charge is 0.375 e. The highest BCUT2D eigenvalue weighted by molar-refractivity contribution is 8.31. The van der Waals surface area contributed by atoms with Gasteiger partial charge in [-0.05, 0) is 59.6 Å². The van der Waals surface area contributed by atoms with Crippen molar-refractivity contribution in [3.63, 3.8) is 0 Å². The molecule has 1 unspecified atom stereocenters. The minimum atomic E-state index is -4.41. The standard InChI is InChI=1S/C25H24F3N5O2S2/c1-29-37(34,36)22-12-9-20(15-18-7-10-21(11-8-18)25(26,27)28)23(16-22)24-30-32-33(31-24)13-14-35-17-19-5-3-2-4-6-19/h2-12,16,29H,13-15,17H2,1H3. The van der Waals surface area contributed by atoms with E-state index < -0.39 is 20.4 Å². The SMILES string of the molecule is CNS(=O)(=S)c1ccc(Cc2ccc(C(F)(F)F)cc2)c(-c2nnn(CCOCc3ccccc3)n2)c1. The Bertz CT molecular complexity index is 1440. The van der Waals surface area contributed by atoms with Gasteiger partial charge in [0.15, 0.2) is 0 Å². The van der Waals surface area contributed by atoms with Gasteiger partial charge in [0.05, 0.1) is 30.2 Å². The van der Waals surface area contributed by atoms with Crippen LogP contribution in [-0.2, 0) is 50.4 Å². The number of nitrogens with one attached hydrogen (secondary N) is 1. The molecule has 0 aliphatic carbocycles. The first-order chi connectivity index (χ1) is 17.7. The van der Waals surface area contributed by atoms with Crippen molar-refractivity contribution in [2.24, 2.45) is 0 Å². The average molecular weight is 548 g/mol. The van der Waals surface area contributed by atoms with Crippen molar-refractivity contribution in [3.05, 3.63) is 95.1 Å². The van der Waals surface area contributed by atoms with Crippen LogP contribution in [0.15, 0.2) is 77.7 Å². The van der Waals surface area contributed by atoms with E-state index in [0.29, 0.717) is 42.2 Å². The fourth-order valence-electron chi connectivity index (χ4n) is 3.59. The predicted octanol–water partition coefficient (Wildman–Crippen LogP) is 4.41. The van der Waals surface area contributed by atoms with Crippen molar-refractivity contribution in [1.82, 2.24) is 24.9 Å². The molecule has 0 aliphatic heterocycles. The second kappa shape index (κ2) is 11.5. The maximum atomic E-state index is 12.9. The lowest BCUT2D eigenvalue weighted by Gasteiger charge is -2.12. The summed E-state index contributed by atoms with van der Waals surface area (Å²) in [4.78, 5) is 1.77. The van der Waals surface area contributed by atoms with Crippen molar-refractivity contribution in [1.29, 1.82) is 0 Å². The largest absolute Gasteiger partial charge is 0.416 e. The molecule has 4 aromatic rings. The van der Waals surface area contributed by atoms with Gasteiger partial charge < -0.3 is 4.74 Å². The van der Waals surface area contributed by atoms with Crippen LogP contribution in [0.5, 0.6) is 0 Å². The summed E-state index contributed by atoms with van der Waals surface area (Å²) in [5.41, 5.74) is 2.27. The molecule has 0 amide bonds. The molecular formula is C25H24F3N5O2S2. The number of ether oxygens (including phenoxy) is 1. The lowest BCUT2D eigenvalue weighted by atomic mass is 9.98. The molecule has 194 valence electrons. The van der Waals surface area contributed by atoms with Crippen LogP contribution in [-0.4, -0.2) is 38.1 Å². The summed E-state index contributed by atoms with van der Waals surface area (Å²) in [7, 11) is -1.41. The van der Waals surface area contributed by atoms with Gasteiger partial charge in [-0.3, -0.25) is 0 Å². The van der Waals surface area contributed by atoms with Crippen LogP contribution >= 0.6 is 0 Å². The van der Waals surface area contributed by atoms with Gasteiger partial charge >= 0.3 is 6.18 Å². The minimum Gasteiger partial charge on any atom is -0.375 e. The highest BCUT2D eigenvalue weighted by Crippen LogP contribution is 2.30. The lowest BCUT2D eigenvalue weighted by Crippen LogP contribution is -2.17. The predicted molar refractivity (Wildman–Crippen MR) is 136 cm³/mol. The molecule has 0 saturated heterocycles. The zero-order valence-corrected chi connectivity index (χ0v) is 21.4. The van der Waals surface area contributed by atoms with Crippen LogP contribution in [0.2, 0.25) is 0 Å². The molecule has 1 atom stereocenters. The van der Waals surface area contributed by atoms with Gasteiger partial charge in [0.1, 0.15) is 8.68 Å². The zero-order chi connectivity index (χ0) is 26.5. The van der Waals surface area contributed by atoms with E-state index in [9.17, 15) is 17.4 Å². The molecule has 1 heterocycles. The molecule has 1 aromatic heterocycles. The van der Waals surface area contributed by atoms with Gasteiger partial charge in [0.25, 0.3) is 0 Å². The summed E-state index contributed by atoms with van der Waals surface area (Å²) < 4.78 is 59.9. The van der Waals surface area contributed by atoms with Gasteiger partial charge in [-0.1, -0.05) is 48.5 Å². The molecule has 0 spiro atoms. The molecule has 3 aromatic carbocycles. The van der Waals surface area contributed by atoms with Gasteiger partial charge in [-0.25, -0.2) is 8.93 Å². The number of nitrogens with zero attached hydrogens (tertiary/aromatic N) is 4. The summed E-state index contributed by atoms with van der Waals surface area (Å²) in [6.45, 7) is 1.18. The summed E-state index contributed by atoms with van der Waals surface area (Å²) in [5.74, 6) is 0.285. The monoisotopic (exact) mass is 547 g/mol. The second-order valence-electron chi connectivity index (χ2n) is 8.15. The second-order valence-corrected chi connectivity index (χ2v) is 11.4. The molecule has 37 heavy (non-hydrogen) atoms. The molecule has 0 radical (unpaired) electrons. The van der Waals surface area contributed by atoms with Crippen LogP contribution in [0.1, 0.15) is 22.3 Å². The van der Waals surface area contributed by atoms with Gasteiger partial charge in [-0.2, -0.15) is 18.0 Å². The Balaban J connectivity index is 1.55. The Hall–Kier alpha value is -3.19. The zero-order valence-electron chi connectivity index (χ0n) is 19.8. The topological polar surface area (TPSA) is 81.9 Å². The number of hydrogen-bond donors (Lipinski definition) is 1. The van der Waals surface area contributed by atoms with E-state index >= 15 is 0 Å². The first-order valence-electron chi connectivity index (χ1n) is 11.3. The third-order valence-electron chi connectivity index (χ3n) is 5.58. The first-order valence-corrected chi connectivity index (χ1v) is 13.8. The van der Waals surface area contributed by atoms with Crippen molar-refractivity contribution in [3.8, 4) is 11.4 Å². The first kappa shape index (κ1) is 26.9. The Labute approximate surface area is 217 Å². The third kappa shape index (κ3) is 6.98. The molecule has 7 nitrogen and oxygen atoms in total. The number of halogens is 3. The van der Waals surface area contributed by atoms with Crippen molar-refractivity contribution < 1.29 is 22.1 Å². The molecule has 0 bridgehead atoms. The summed E-state index contributed by atoms with van der Waals surface area (Å²) in [6.07, 6.45) is -4.10. The van der Waals surface area contributed by atoms with Crippen LogP contribution in [0.4, 0.5) is 13.2 Å². The maximum Gasteiger partial charge on any atom is 0.416 e. The van der Waals surface area contributed by atoms with Crippen LogP contribution in [0, 0.1) is 0 Å². The van der Waals surface area contributed by atoms with E-state index in [4.69, 9.17) is 15.9 Å². The number of aromatic nitrogens is 4. The van der Waals surface area contributed by atoms with Crippen LogP contribution < -0.4 is 4.72 Å². The summed E-state index contributed by atoms with van der Waals surface area (Å²) in [5, 5.41) is 12.7. The number of rotatable bonds is 10. The molecule has 4 rings (SSSR count). The van der Waals surface area contributed by atoms with Gasteiger partial charge in [0, 0.05) is 16.8 Å². The van der Waals surface area contributed by atoms with E-state index in [0.717, 1.165) is 23.3 Å². The molecule has 12 heteroatoms. The van der Waals surface area contributed by atoms with Crippen LogP contribution in [0.25, 0.3) is 11.4 Å². The fourth-order valence-corrected chi connectivity index (χ4v) is 4.66. The molecule has 1 N–H and O–H groups in total. The minimum absolute atomic E-state index is 0.285. The Morgan fingerprint density at radius 2 is 1.76 bits per heavy atom. The Morgan fingerprint density at radius 1 is 1.03 bits per heavy atom. The van der Waals surface area contributed by atoms with Gasteiger partial charge in [-0.15, -0.1) is 10.2 Å². The normalized spacial score (nSPS) is 13.4. The highest BCUT2D eigenvalue weighted by atomic mass is 32.8. The Kier molecular flexibility index (Phi) is 8.32. The molecular weight excluding hydrogens is 523 g/mol. The van der Waals surface area contributed by atoms with E-state index in [-0.39, 0.29) is 5.82 Å². The van der Waals surface area contributed by atoms with E-state index in [1.165, 1.54) is 24.0 Å². The number of hydrogen-bond acceptors (Lipinski definition) is 6. The van der Waals surface area contributed by atoms with Gasteiger partial charge in [0.2, 0.25) is 5.82 Å². The van der Waals surface area contributed by atoms with Crippen molar-refractivity contribution in [2.75, 3.05) is 13.7 Å². The van der Waals surface area contributed by atoms with Crippen LogP contribution in [0.3, 0.4) is 0 Å². The van der Waals surface area contributed by atoms with E-state index in [1.807, 2.05) is 30.3 Å². The number of alkyl halides is 3. The van der Waals surface area contributed by atoms with E-state index in [1.54, 1.807) is 18.2 Å². The lowest BCUT2D eigenvalue weighted by molar-refractivity contribution is -0.137. The van der Waals surface area contributed by atoms with Crippen molar-refractivity contribution in [2.45, 2.75) is 30.6 Å². The molecule has 0 fully saturated rings. The maximum absolute atomic E-state index is 12.9. The molecule has 0 aliphatic rings. The molecule has 0 saturated carbocycles. The quantitative estimate of drug-likeness (QED) is 0.297. The summed E-state index contributed by atoms with van der Waals surface area (Å²) >= 11 is 5.19.